The first-order valence-corrected chi connectivity index (χ1v) is 7.11. The molecule has 0 fully saturated rings. The Hall–Kier alpha value is -2.01. The Morgan fingerprint density at radius 2 is 2.19 bits per heavy atom. The molecule has 0 bridgehead atoms. The first kappa shape index (κ1) is 13.9. The van der Waals surface area contributed by atoms with Crippen molar-refractivity contribution in [3.8, 4) is 5.75 Å². The van der Waals surface area contributed by atoms with Gasteiger partial charge in [0.25, 0.3) is 5.56 Å². The number of aromatic nitrogens is 2. The summed E-state index contributed by atoms with van der Waals surface area (Å²) in [5.41, 5.74) is 2.83. The molecule has 6 heteroatoms. The molecule has 0 atom stereocenters. The van der Waals surface area contributed by atoms with E-state index in [4.69, 9.17) is 16.3 Å². The van der Waals surface area contributed by atoms with Gasteiger partial charge in [-0.15, -0.1) is 0 Å². The van der Waals surface area contributed by atoms with Gasteiger partial charge in [-0.05, 0) is 18.1 Å². The second kappa shape index (κ2) is 5.41. The molecule has 1 aromatic heterocycles. The van der Waals surface area contributed by atoms with Crippen molar-refractivity contribution in [2.24, 2.45) is 7.05 Å². The van der Waals surface area contributed by atoms with Crippen molar-refractivity contribution >= 4 is 17.3 Å². The van der Waals surface area contributed by atoms with Crippen LogP contribution in [0.3, 0.4) is 0 Å². The van der Waals surface area contributed by atoms with Crippen molar-refractivity contribution in [1.82, 2.24) is 9.78 Å². The Labute approximate surface area is 127 Å². The standard InChI is InChI=1S/C15H16ClN3O2/c1-18-15(20)14(16)12(8-17-18)19-7-6-11-10(9-19)4-3-5-13(11)21-2/h3-5,8H,6-7,9H2,1-2H3. The predicted molar refractivity (Wildman–Crippen MR) is 82.2 cm³/mol. The zero-order chi connectivity index (χ0) is 15.0. The maximum atomic E-state index is 11.9. The third-order valence-electron chi connectivity index (χ3n) is 3.84. The molecule has 21 heavy (non-hydrogen) atoms. The number of anilines is 1. The van der Waals surface area contributed by atoms with Gasteiger partial charge in [0.1, 0.15) is 10.8 Å². The molecular weight excluding hydrogens is 290 g/mol. The minimum atomic E-state index is -0.273. The van der Waals surface area contributed by atoms with Gasteiger partial charge in [0.15, 0.2) is 0 Å². The molecule has 1 aromatic carbocycles. The highest BCUT2D eigenvalue weighted by Gasteiger charge is 2.22. The molecule has 3 rings (SSSR count). The van der Waals surface area contributed by atoms with Crippen molar-refractivity contribution in [2.75, 3.05) is 18.6 Å². The smallest absolute Gasteiger partial charge is 0.287 e. The Morgan fingerprint density at radius 1 is 1.38 bits per heavy atom. The molecule has 0 amide bonds. The van der Waals surface area contributed by atoms with Gasteiger partial charge in [-0.2, -0.15) is 5.10 Å². The number of methoxy groups -OCH3 is 1. The summed E-state index contributed by atoms with van der Waals surface area (Å²) in [7, 11) is 3.28. The number of hydrogen-bond acceptors (Lipinski definition) is 4. The molecule has 0 N–H and O–H groups in total. The average molecular weight is 306 g/mol. The molecule has 110 valence electrons. The van der Waals surface area contributed by atoms with Crippen LogP contribution in [0.15, 0.2) is 29.2 Å². The lowest BCUT2D eigenvalue weighted by Gasteiger charge is -2.31. The first-order chi connectivity index (χ1) is 10.1. The number of nitrogens with zero attached hydrogens (tertiary/aromatic N) is 3. The fourth-order valence-electron chi connectivity index (χ4n) is 2.69. The topological polar surface area (TPSA) is 47.4 Å². The number of ether oxygens (including phenoxy) is 1. The summed E-state index contributed by atoms with van der Waals surface area (Å²) >= 11 is 6.18. The van der Waals surface area contributed by atoms with Gasteiger partial charge in [-0.3, -0.25) is 4.79 Å². The number of aryl methyl sites for hydroxylation is 1. The van der Waals surface area contributed by atoms with E-state index in [1.165, 1.54) is 15.8 Å². The first-order valence-electron chi connectivity index (χ1n) is 6.73. The lowest BCUT2D eigenvalue weighted by atomic mass is 9.98. The molecule has 2 aromatic rings. The highest BCUT2D eigenvalue weighted by molar-refractivity contribution is 6.33. The predicted octanol–water partition coefficient (Wildman–Crippen LogP) is 2.00. The van der Waals surface area contributed by atoms with Crippen molar-refractivity contribution in [1.29, 1.82) is 0 Å². The van der Waals surface area contributed by atoms with Crippen molar-refractivity contribution in [2.45, 2.75) is 13.0 Å². The van der Waals surface area contributed by atoms with E-state index in [9.17, 15) is 4.79 Å². The molecule has 2 heterocycles. The fourth-order valence-corrected chi connectivity index (χ4v) is 2.98. The monoisotopic (exact) mass is 305 g/mol. The molecule has 0 radical (unpaired) electrons. The summed E-state index contributed by atoms with van der Waals surface area (Å²) in [6.07, 6.45) is 2.50. The van der Waals surface area contributed by atoms with E-state index in [1.54, 1.807) is 20.4 Å². The van der Waals surface area contributed by atoms with Gasteiger partial charge < -0.3 is 9.64 Å². The molecule has 0 unspecified atom stereocenters. The molecule has 1 aliphatic heterocycles. The van der Waals surface area contributed by atoms with Gasteiger partial charge >= 0.3 is 0 Å². The maximum absolute atomic E-state index is 11.9. The molecule has 0 aliphatic carbocycles. The van der Waals surface area contributed by atoms with Crippen LogP contribution in [-0.2, 0) is 20.0 Å². The van der Waals surface area contributed by atoms with Crippen molar-refractivity contribution in [3.63, 3.8) is 0 Å². The molecule has 0 saturated heterocycles. The van der Waals surface area contributed by atoms with Crippen LogP contribution in [0.2, 0.25) is 5.02 Å². The largest absolute Gasteiger partial charge is 0.496 e. The van der Waals surface area contributed by atoms with Crippen LogP contribution in [0, 0.1) is 0 Å². The van der Waals surface area contributed by atoms with E-state index >= 15 is 0 Å². The zero-order valence-electron chi connectivity index (χ0n) is 12.0. The van der Waals surface area contributed by atoms with Crippen LogP contribution < -0.4 is 15.2 Å². The Morgan fingerprint density at radius 3 is 2.95 bits per heavy atom. The fraction of sp³-hybridized carbons (Fsp3) is 0.333. The molecular formula is C15H16ClN3O2. The second-order valence-electron chi connectivity index (χ2n) is 5.04. The summed E-state index contributed by atoms with van der Waals surface area (Å²) in [5.74, 6) is 0.917. The molecule has 1 aliphatic rings. The van der Waals surface area contributed by atoms with Crippen LogP contribution in [0.4, 0.5) is 5.69 Å². The van der Waals surface area contributed by atoms with Gasteiger partial charge in [0.2, 0.25) is 0 Å². The van der Waals surface area contributed by atoms with Crippen LogP contribution in [0.5, 0.6) is 5.75 Å². The van der Waals surface area contributed by atoms with Crippen LogP contribution in [-0.4, -0.2) is 23.4 Å². The normalized spacial score (nSPS) is 14.0. The molecule has 0 saturated carbocycles. The van der Waals surface area contributed by atoms with Crippen LogP contribution >= 0.6 is 11.6 Å². The number of benzene rings is 1. The minimum Gasteiger partial charge on any atom is -0.496 e. The Bertz CT molecular complexity index is 742. The number of hydrogen-bond donors (Lipinski definition) is 0. The van der Waals surface area contributed by atoms with Gasteiger partial charge in [-0.1, -0.05) is 23.7 Å². The van der Waals surface area contributed by atoms with Crippen LogP contribution in [0.25, 0.3) is 0 Å². The maximum Gasteiger partial charge on any atom is 0.287 e. The van der Waals surface area contributed by atoms with Gasteiger partial charge in [0.05, 0.1) is 19.0 Å². The quantitative estimate of drug-likeness (QED) is 0.851. The molecule has 0 spiro atoms. The number of halogens is 1. The van der Waals surface area contributed by atoms with E-state index in [1.807, 2.05) is 12.1 Å². The summed E-state index contributed by atoms with van der Waals surface area (Å²) in [6, 6.07) is 6.03. The van der Waals surface area contributed by atoms with Gasteiger partial charge in [0, 0.05) is 25.7 Å². The SMILES string of the molecule is COc1cccc2c1CCN(c1cnn(C)c(=O)c1Cl)C2. The van der Waals surface area contributed by atoms with E-state index in [2.05, 4.69) is 16.1 Å². The summed E-state index contributed by atoms with van der Waals surface area (Å²) in [4.78, 5) is 14.0. The summed E-state index contributed by atoms with van der Waals surface area (Å²) in [5, 5.41) is 4.28. The number of fused-ring (bicyclic) bond motifs is 1. The van der Waals surface area contributed by atoms with E-state index in [-0.39, 0.29) is 10.6 Å². The second-order valence-corrected chi connectivity index (χ2v) is 5.42. The highest BCUT2D eigenvalue weighted by atomic mass is 35.5. The van der Waals surface area contributed by atoms with Crippen molar-refractivity contribution < 1.29 is 4.74 Å². The third-order valence-corrected chi connectivity index (χ3v) is 4.20. The minimum absolute atomic E-state index is 0.221. The van der Waals surface area contributed by atoms with E-state index < -0.39 is 0 Å². The lowest BCUT2D eigenvalue weighted by molar-refractivity contribution is 0.407. The highest BCUT2D eigenvalue weighted by Crippen LogP contribution is 2.31. The summed E-state index contributed by atoms with van der Waals surface area (Å²) in [6.45, 7) is 1.48. The Balaban J connectivity index is 1.97. The average Bonchev–Trinajstić information content (AvgIpc) is 2.51. The number of rotatable bonds is 2. The van der Waals surface area contributed by atoms with Crippen LogP contribution in [0.1, 0.15) is 11.1 Å². The van der Waals surface area contributed by atoms with E-state index in [0.29, 0.717) is 12.2 Å². The van der Waals surface area contributed by atoms with Gasteiger partial charge in [-0.25, -0.2) is 4.68 Å². The van der Waals surface area contributed by atoms with E-state index in [0.717, 1.165) is 18.7 Å². The molecule has 5 nitrogen and oxygen atoms in total. The zero-order valence-corrected chi connectivity index (χ0v) is 12.7. The lowest BCUT2D eigenvalue weighted by Crippen LogP contribution is -2.33. The third kappa shape index (κ3) is 2.38. The Kier molecular flexibility index (Phi) is 3.59. The summed E-state index contributed by atoms with van der Waals surface area (Å²) < 4.78 is 6.64. The van der Waals surface area contributed by atoms with Crippen molar-refractivity contribution in [3.05, 3.63) is 50.9 Å².